The average Bonchev–Trinajstić information content (AvgIpc) is 3.13. The summed E-state index contributed by atoms with van der Waals surface area (Å²) >= 11 is 0. The highest BCUT2D eigenvalue weighted by Gasteiger charge is 2.27. The van der Waals surface area contributed by atoms with Gasteiger partial charge in [-0.3, -0.25) is 4.68 Å². The molecule has 1 fully saturated rings. The number of nitrogens with zero attached hydrogens (tertiary/aromatic N) is 7. The molecular weight excluding hydrogens is 350 g/mol. The standard InChI is InChI=1S/C21H23N7/c1-15-5-4-6-19(9-15)28-8-7-27(13-16(28)2)21-17(10-22)11-23-20(25-21)18-12-24-26(3)14-18/h4-6,9,11-12,14,16H,7-8,13H2,1-3H3/t16-/m1/s1. The predicted molar refractivity (Wildman–Crippen MR) is 109 cm³/mol. The zero-order chi connectivity index (χ0) is 19.7. The van der Waals surface area contributed by atoms with Crippen molar-refractivity contribution in [3.05, 3.63) is 54.0 Å². The third-order valence-electron chi connectivity index (χ3n) is 5.11. The zero-order valence-corrected chi connectivity index (χ0v) is 16.4. The molecule has 3 heterocycles. The van der Waals surface area contributed by atoms with Crippen LogP contribution in [-0.2, 0) is 7.05 Å². The predicted octanol–water partition coefficient (Wildman–Crippen LogP) is 2.77. The molecule has 7 nitrogen and oxygen atoms in total. The molecule has 28 heavy (non-hydrogen) atoms. The van der Waals surface area contributed by atoms with Crippen LogP contribution in [0.25, 0.3) is 11.4 Å². The maximum atomic E-state index is 9.56. The molecule has 0 N–H and O–H groups in total. The summed E-state index contributed by atoms with van der Waals surface area (Å²) in [6.45, 7) is 6.80. The van der Waals surface area contributed by atoms with E-state index in [1.807, 2.05) is 13.2 Å². The van der Waals surface area contributed by atoms with Crippen LogP contribution in [0.5, 0.6) is 0 Å². The van der Waals surface area contributed by atoms with Crippen molar-refractivity contribution in [2.45, 2.75) is 19.9 Å². The molecule has 0 aliphatic carbocycles. The Bertz CT molecular complexity index is 1030. The normalized spacial score (nSPS) is 16.9. The van der Waals surface area contributed by atoms with Crippen molar-refractivity contribution in [2.75, 3.05) is 29.4 Å². The Morgan fingerprint density at radius 2 is 2.07 bits per heavy atom. The first-order chi connectivity index (χ1) is 13.5. The number of hydrogen-bond acceptors (Lipinski definition) is 6. The average molecular weight is 373 g/mol. The third-order valence-corrected chi connectivity index (χ3v) is 5.11. The Morgan fingerprint density at radius 1 is 1.21 bits per heavy atom. The first-order valence-electron chi connectivity index (χ1n) is 9.39. The van der Waals surface area contributed by atoms with Crippen molar-refractivity contribution < 1.29 is 0 Å². The zero-order valence-electron chi connectivity index (χ0n) is 16.4. The van der Waals surface area contributed by atoms with E-state index in [0.29, 0.717) is 23.2 Å². The minimum atomic E-state index is 0.305. The molecular formula is C21H23N7. The molecule has 3 aromatic rings. The lowest BCUT2D eigenvalue weighted by atomic mass is 10.1. The second kappa shape index (κ2) is 7.31. The van der Waals surface area contributed by atoms with Crippen LogP contribution in [0.4, 0.5) is 11.5 Å². The van der Waals surface area contributed by atoms with Crippen molar-refractivity contribution >= 4 is 11.5 Å². The lowest BCUT2D eigenvalue weighted by Gasteiger charge is -2.42. The molecule has 4 rings (SSSR count). The number of rotatable bonds is 3. The fourth-order valence-corrected chi connectivity index (χ4v) is 3.71. The van der Waals surface area contributed by atoms with Gasteiger partial charge in [-0.05, 0) is 31.5 Å². The molecule has 7 heteroatoms. The summed E-state index contributed by atoms with van der Waals surface area (Å²) in [4.78, 5) is 13.7. The quantitative estimate of drug-likeness (QED) is 0.703. The van der Waals surface area contributed by atoms with Gasteiger partial charge in [0.25, 0.3) is 0 Å². The van der Waals surface area contributed by atoms with Crippen molar-refractivity contribution in [1.29, 1.82) is 5.26 Å². The summed E-state index contributed by atoms with van der Waals surface area (Å²) in [5.41, 5.74) is 3.85. The molecule has 1 aliphatic rings. The van der Waals surface area contributed by atoms with Crippen LogP contribution >= 0.6 is 0 Å². The SMILES string of the molecule is Cc1cccc(N2CCN(c3nc(-c4cnn(C)c4)ncc3C#N)C[C@H]2C)c1. The molecule has 0 bridgehead atoms. The molecule has 0 unspecified atom stereocenters. The van der Waals surface area contributed by atoms with Gasteiger partial charge in [0.1, 0.15) is 11.6 Å². The fourth-order valence-electron chi connectivity index (χ4n) is 3.71. The monoisotopic (exact) mass is 373 g/mol. The van der Waals surface area contributed by atoms with Crippen LogP contribution in [0.2, 0.25) is 0 Å². The highest BCUT2D eigenvalue weighted by Crippen LogP contribution is 2.27. The number of piperazine rings is 1. The summed E-state index contributed by atoms with van der Waals surface area (Å²) in [7, 11) is 1.86. The van der Waals surface area contributed by atoms with Crippen LogP contribution in [0, 0.1) is 18.3 Å². The second-order valence-electron chi connectivity index (χ2n) is 7.27. The Kier molecular flexibility index (Phi) is 4.70. The first kappa shape index (κ1) is 18.0. The summed E-state index contributed by atoms with van der Waals surface area (Å²) in [5, 5.41) is 13.7. The minimum absolute atomic E-state index is 0.305. The first-order valence-corrected chi connectivity index (χ1v) is 9.39. The van der Waals surface area contributed by atoms with Gasteiger partial charge in [-0.15, -0.1) is 0 Å². The topological polar surface area (TPSA) is 73.9 Å². The minimum Gasteiger partial charge on any atom is -0.365 e. The number of benzene rings is 1. The smallest absolute Gasteiger partial charge is 0.164 e. The Labute approximate surface area is 164 Å². The van der Waals surface area contributed by atoms with Gasteiger partial charge in [0, 0.05) is 44.6 Å². The molecule has 1 saturated heterocycles. The third kappa shape index (κ3) is 3.41. The molecule has 2 aromatic heterocycles. The van der Waals surface area contributed by atoms with Gasteiger partial charge in [-0.2, -0.15) is 10.4 Å². The Morgan fingerprint density at radius 3 is 2.75 bits per heavy atom. The van der Waals surface area contributed by atoms with Crippen molar-refractivity contribution in [2.24, 2.45) is 7.05 Å². The van der Waals surface area contributed by atoms with Crippen LogP contribution in [0.15, 0.2) is 42.9 Å². The number of anilines is 2. The van der Waals surface area contributed by atoms with Crippen LogP contribution in [0.1, 0.15) is 18.1 Å². The Hall–Kier alpha value is -3.40. The largest absolute Gasteiger partial charge is 0.365 e. The van der Waals surface area contributed by atoms with Crippen molar-refractivity contribution in [1.82, 2.24) is 19.7 Å². The van der Waals surface area contributed by atoms with Gasteiger partial charge in [0.2, 0.25) is 0 Å². The van der Waals surface area contributed by atoms with E-state index >= 15 is 0 Å². The van der Waals surface area contributed by atoms with Gasteiger partial charge < -0.3 is 9.80 Å². The molecule has 0 spiro atoms. The van der Waals surface area contributed by atoms with Gasteiger partial charge in [-0.25, -0.2) is 9.97 Å². The van der Waals surface area contributed by atoms with Crippen LogP contribution in [-0.4, -0.2) is 45.4 Å². The van der Waals surface area contributed by atoms with Crippen molar-refractivity contribution in [3.8, 4) is 17.5 Å². The van der Waals surface area contributed by atoms with Crippen LogP contribution in [0.3, 0.4) is 0 Å². The van der Waals surface area contributed by atoms with E-state index in [-0.39, 0.29) is 0 Å². The Balaban J connectivity index is 1.60. The van der Waals surface area contributed by atoms with E-state index in [4.69, 9.17) is 4.98 Å². The van der Waals surface area contributed by atoms with Gasteiger partial charge >= 0.3 is 0 Å². The molecule has 1 aromatic carbocycles. The molecule has 0 amide bonds. The lowest BCUT2D eigenvalue weighted by molar-refractivity contribution is 0.547. The summed E-state index contributed by atoms with van der Waals surface area (Å²) in [5.74, 6) is 1.29. The number of hydrogen-bond donors (Lipinski definition) is 0. The van der Waals surface area contributed by atoms with E-state index in [9.17, 15) is 5.26 Å². The number of nitriles is 1. The summed E-state index contributed by atoms with van der Waals surface area (Å²) in [6.07, 6.45) is 5.23. The summed E-state index contributed by atoms with van der Waals surface area (Å²) < 4.78 is 1.72. The molecule has 1 atom stereocenters. The highest BCUT2D eigenvalue weighted by molar-refractivity contribution is 5.61. The molecule has 142 valence electrons. The van der Waals surface area contributed by atoms with Gasteiger partial charge in [-0.1, -0.05) is 12.1 Å². The van der Waals surface area contributed by atoms with E-state index in [2.05, 4.69) is 64.1 Å². The fraction of sp³-hybridized carbons (Fsp3) is 0.333. The highest BCUT2D eigenvalue weighted by atomic mass is 15.3. The molecule has 0 saturated carbocycles. The maximum absolute atomic E-state index is 9.56. The van der Waals surface area contributed by atoms with Crippen LogP contribution < -0.4 is 9.80 Å². The van der Waals surface area contributed by atoms with E-state index in [1.54, 1.807) is 17.1 Å². The number of aryl methyl sites for hydroxylation is 2. The molecule has 1 aliphatic heterocycles. The van der Waals surface area contributed by atoms with Gasteiger partial charge in [0.15, 0.2) is 11.6 Å². The van der Waals surface area contributed by atoms with E-state index < -0.39 is 0 Å². The van der Waals surface area contributed by atoms with E-state index in [1.165, 1.54) is 11.3 Å². The molecule has 0 radical (unpaired) electrons. The van der Waals surface area contributed by atoms with Gasteiger partial charge in [0.05, 0.1) is 18.0 Å². The number of aromatic nitrogens is 4. The second-order valence-corrected chi connectivity index (χ2v) is 7.27. The van der Waals surface area contributed by atoms with Crippen molar-refractivity contribution in [3.63, 3.8) is 0 Å². The maximum Gasteiger partial charge on any atom is 0.164 e. The lowest BCUT2D eigenvalue weighted by Crippen LogP contribution is -2.52. The van der Waals surface area contributed by atoms with E-state index in [0.717, 1.165) is 25.2 Å². The summed E-state index contributed by atoms with van der Waals surface area (Å²) in [6, 6.07) is 11.1.